The summed E-state index contributed by atoms with van der Waals surface area (Å²) in [6, 6.07) is 0.726. The van der Waals surface area contributed by atoms with Crippen LogP contribution < -0.4 is 10.6 Å². The van der Waals surface area contributed by atoms with Gasteiger partial charge in [-0.15, -0.1) is 0 Å². The van der Waals surface area contributed by atoms with Crippen LogP contribution in [0.25, 0.3) is 0 Å². The van der Waals surface area contributed by atoms with E-state index in [4.69, 9.17) is 5.11 Å². The molecule has 0 aromatic carbocycles. The van der Waals surface area contributed by atoms with Crippen molar-refractivity contribution in [2.24, 2.45) is 0 Å². The zero-order chi connectivity index (χ0) is 17.4. The first-order valence-electron chi connectivity index (χ1n) is 9.11. The predicted octanol–water partition coefficient (Wildman–Crippen LogP) is 1.86. The molecule has 2 aliphatic heterocycles. The maximum Gasteiger partial charge on any atom is 0.303 e. The number of unbranched alkanes of at least 4 members (excludes halogenated alkanes) is 4. The SMILES string of the molecule is O=C(O)CCCCCCC(=O)CCCCC1SCC2NC(O)NC21. The average Bonchev–Trinajstić information content (AvgIpc) is 3.06. The van der Waals surface area contributed by atoms with Gasteiger partial charge in [0.25, 0.3) is 0 Å². The molecular formula is C17H30N2O4S. The number of nitrogens with one attached hydrogen (secondary N) is 2. The Morgan fingerprint density at radius 3 is 2.33 bits per heavy atom. The van der Waals surface area contributed by atoms with E-state index in [1.54, 1.807) is 0 Å². The highest BCUT2D eigenvalue weighted by Crippen LogP contribution is 2.33. The number of aliphatic carboxylic acids is 1. The number of carboxylic acids is 1. The number of hydrogen-bond acceptors (Lipinski definition) is 6. The third-order valence-electron chi connectivity index (χ3n) is 4.84. The molecule has 0 amide bonds. The summed E-state index contributed by atoms with van der Waals surface area (Å²) < 4.78 is 0. The van der Waals surface area contributed by atoms with Crippen LogP contribution in [0.15, 0.2) is 0 Å². The van der Waals surface area contributed by atoms with Gasteiger partial charge < -0.3 is 10.2 Å². The van der Waals surface area contributed by atoms with Crippen LogP contribution in [0.2, 0.25) is 0 Å². The van der Waals surface area contributed by atoms with E-state index < -0.39 is 12.3 Å². The van der Waals surface area contributed by atoms with Gasteiger partial charge in [-0.3, -0.25) is 20.2 Å². The minimum absolute atomic E-state index is 0.233. The highest BCUT2D eigenvalue weighted by atomic mass is 32.2. The predicted molar refractivity (Wildman–Crippen MR) is 94.9 cm³/mol. The van der Waals surface area contributed by atoms with Crippen LogP contribution in [0, 0.1) is 0 Å². The Labute approximate surface area is 148 Å². The molecule has 0 aromatic rings. The lowest BCUT2D eigenvalue weighted by molar-refractivity contribution is -0.137. The second-order valence-corrected chi connectivity index (χ2v) is 8.10. The lowest BCUT2D eigenvalue weighted by Crippen LogP contribution is -2.37. The molecule has 0 radical (unpaired) electrons. The number of hydrogen-bond donors (Lipinski definition) is 4. The molecule has 2 fully saturated rings. The number of ketones is 1. The molecular weight excluding hydrogens is 328 g/mol. The number of aliphatic hydroxyl groups excluding tert-OH is 1. The summed E-state index contributed by atoms with van der Waals surface area (Å²) in [4.78, 5) is 22.2. The van der Waals surface area contributed by atoms with E-state index in [0.717, 1.165) is 44.3 Å². The van der Waals surface area contributed by atoms with Gasteiger partial charge >= 0.3 is 5.97 Å². The van der Waals surface area contributed by atoms with E-state index in [2.05, 4.69) is 10.6 Å². The highest BCUT2D eigenvalue weighted by Gasteiger charge is 2.42. The zero-order valence-electron chi connectivity index (χ0n) is 14.2. The van der Waals surface area contributed by atoms with Crippen molar-refractivity contribution in [1.82, 2.24) is 10.6 Å². The van der Waals surface area contributed by atoms with Crippen LogP contribution in [0.3, 0.4) is 0 Å². The first-order chi connectivity index (χ1) is 11.6. The van der Waals surface area contributed by atoms with Crippen LogP contribution in [-0.4, -0.2) is 51.4 Å². The first-order valence-corrected chi connectivity index (χ1v) is 10.2. The number of carbonyl (C=O) groups is 2. The lowest BCUT2D eigenvalue weighted by Gasteiger charge is -2.17. The van der Waals surface area contributed by atoms with Gasteiger partial charge in [0.15, 0.2) is 6.35 Å². The minimum Gasteiger partial charge on any atom is -0.481 e. The monoisotopic (exact) mass is 358 g/mol. The largest absolute Gasteiger partial charge is 0.481 e. The molecule has 2 saturated heterocycles. The van der Waals surface area contributed by atoms with E-state index in [9.17, 15) is 14.7 Å². The van der Waals surface area contributed by atoms with Gasteiger partial charge in [0.2, 0.25) is 0 Å². The lowest BCUT2D eigenvalue weighted by atomic mass is 10.0. The quantitative estimate of drug-likeness (QED) is 0.395. The van der Waals surface area contributed by atoms with Gasteiger partial charge in [-0.1, -0.05) is 19.3 Å². The molecule has 2 rings (SSSR count). The summed E-state index contributed by atoms with van der Waals surface area (Å²) in [5.74, 6) is 0.636. The maximum absolute atomic E-state index is 11.9. The molecule has 6 nitrogen and oxygen atoms in total. The molecule has 2 heterocycles. The molecule has 2 aliphatic rings. The van der Waals surface area contributed by atoms with Gasteiger partial charge in [-0.25, -0.2) is 0 Å². The Morgan fingerprint density at radius 2 is 1.62 bits per heavy atom. The van der Waals surface area contributed by atoms with Crippen molar-refractivity contribution >= 4 is 23.5 Å². The van der Waals surface area contributed by atoms with E-state index in [0.29, 0.717) is 42.4 Å². The fourth-order valence-corrected chi connectivity index (χ4v) is 5.08. The first kappa shape index (κ1) is 19.7. The third kappa shape index (κ3) is 6.70. The van der Waals surface area contributed by atoms with Crippen molar-refractivity contribution in [3.63, 3.8) is 0 Å². The third-order valence-corrected chi connectivity index (χ3v) is 6.35. The van der Waals surface area contributed by atoms with Crippen LogP contribution in [0.4, 0.5) is 0 Å². The van der Waals surface area contributed by atoms with Crippen molar-refractivity contribution in [1.29, 1.82) is 0 Å². The summed E-state index contributed by atoms with van der Waals surface area (Å²) in [5.41, 5.74) is 0. The van der Waals surface area contributed by atoms with Crippen LogP contribution >= 0.6 is 11.8 Å². The van der Waals surface area contributed by atoms with Crippen molar-refractivity contribution in [3.05, 3.63) is 0 Å². The summed E-state index contributed by atoms with van der Waals surface area (Å²) in [7, 11) is 0. The van der Waals surface area contributed by atoms with Gasteiger partial charge in [0.05, 0.1) is 0 Å². The molecule has 4 unspecified atom stereocenters. The van der Waals surface area contributed by atoms with Crippen LogP contribution in [0.5, 0.6) is 0 Å². The summed E-state index contributed by atoms with van der Waals surface area (Å²) >= 11 is 1.96. The molecule has 7 heteroatoms. The van der Waals surface area contributed by atoms with Crippen LogP contribution in [-0.2, 0) is 9.59 Å². The van der Waals surface area contributed by atoms with E-state index >= 15 is 0 Å². The molecule has 4 atom stereocenters. The topological polar surface area (TPSA) is 98.7 Å². The van der Waals surface area contributed by atoms with Crippen molar-refractivity contribution in [3.8, 4) is 0 Å². The number of carbonyl (C=O) groups excluding carboxylic acids is 1. The molecule has 138 valence electrons. The Bertz CT molecular complexity index is 421. The molecule has 0 spiro atoms. The second kappa shape index (κ2) is 10.4. The minimum atomic E-state index is -0.740. The Hall–Kier alpha value is -0.630. The van der Waals surface area contributed by atoms with Gasteiger partial charge in [-0.05, 0) is 25.7 Å². The molecule has 0 aliphatic carbocycles. The summed E-state index contributed by atoms with van der Waals surface area (Å²) in [5, 5.41) is 25.0. The number of carboxylic acid groups (broad SMARTS) is 1. The van der Waals surface area contributed by atoms with Gasteiger partial charge in [0.1, 0.15) is 5.78 Å². The molecule has 0 aromatic heterocycles. The number of rotatable bonds is 12. The Morgan fingerprint density at radius 1 is 0.958 bits per heavy atom. The van der Waals surface area contributed by atoms with E-state index in [1.807, 2.05) is 11.8 Å². The number of fused-ring (bicyclic) bond motifs is 1. The Kier molecular flexibility index (Phi) is 8.52. The standard InChI is InChI=1S/C17H30N2O4S/c20-12(7-3-1-2-4-10-15(21)22)8-5-6-9-14-16-13(11-24-14)18-17(23)19-16/h13-14,16-19,23H,1-11H2,(H,21,22). The average molecular weight is 359 g/mol. The fraction of sp³-hybridized carbons (Fsp3) is 0.882. The molecule has 4 N–H and O–H groups in total. The number of Topliss-reactive ketones (excluding diaryl/α,β-unsaturated/α-hetero) is 1. The van der Waals surface area contributed by atoms with Gasteiger partial charge in [0, 0.05) is 42.3 Å². The molecule has 0 saturated carbocycles. The number of aliphatic hydroxyl groups is 1. The summed E-state index contributed by atoms with van der Waals surface area (Å²) in [6.07, 6.45) is 7.49. The van der Waals surface area contributed by atoms with Crippen LogP contribution in [0.1, 0.15) is 64.2 Å². The summed E-state index contributed by atoms with van der Waals surface area (Å²) in [6.45, 7) is 0. The normalized spacial score (nSPS) is 28.9. The molecule has 0 bridgehead atoms. The van der Waals surface area contributed by atoms with E-state index in [-0.39, 0.29) is 6.42 Å². The fourth-order valence-electron chi connectivity index (χ4n) is 3.51. The number of thioether (sulfide) groups is 1. The van der Waals surface area contributed by atoms with Gasteiger partial charge in [-0.2, -0.15) is 11.8 Å². The van der Waals surface area contributed by atoms with Crippen molar-refractivity contribution < 1.29 is 19.8 Å². The zero-order valence-corrected chi connectivity index (χ0v) is 15.0. The molecule has 24 heavy (non-hydrogen) atoms. The highest BCUT2D eigenvalue weighted by molar-refractivity contribution is 8.00. The van der Waals surface area contributed by atoms with E-state index in [1.165, 1.54) is 0 Å². The maximum atomic E-state index is 11.9. The smallest absolute Gasteiger partial charge is 0.303 e. The Balaban J connectivity index is 1.44. The van der Waals surface area contributed by atoms with Crippen molar-refractivity contribution in [2.45, 2.75) is 87.9 Å². The second-order valence-electron chi connectivity index (χ2n) is 6.83. The van der Waals surface area contributed by atoms with Crippen molar-refractivity contribution in [2.75, 3.05) is 5.75 Å².